The second-order valence-corrected chi connectivity index (χ2v) is 5.90. The summed E-state index contributed by atoms with van der Waals surface area (Å²) in [6.07, 6.45) is 2.86. The molecule has 0 saturated carbocycles. The summed E-state index contributed by atoms with van der Waals surface area (Å²) >= 11 is 0. The lowest BCUT2D eigenvalue weighted by Crippen LogP contribution is -2.25. The van der Waals surface area contributed by atoms with E-state index < -0.39 is 10.0 Å². The minimum absolute atomic E-state index is 0.691. The monoisotopic (exact) mass is 252 g/mol. The Hall–Kier alpha value is -1.36. The van der Waals surface area contributed by atoms with Gasteiger partial charge in [-0.25, -0.2) is 8.42 Å². The zero-order valence-electron chi connectivity index (χ0n) is 9.83. The molecule has 0 aliphatic carbocycles. The van der Waals surface area contributed by atoms with Crippen molar-refractivity contribution >= 4 is 15.9 Å². The van der Waals surface area contributed by atoms with Crippen molar-refractivity contribution in [1.29, 1.82) is 0 Å². The van der Waals surface area contributed by atoms with E-state index in [1.54, 1.807) is 0 Å². The molecule has 0 amide bonds. The van der Waals surface area contributed by atoms with E-state index in [-0.39, 0.29) is 0 Å². The average Bonchev–Trinajstić information content (AvgIpc) is 2.65. The minimum atomic E-state index is -3.29. The molecule has 2 rings (SSSR count). The molecule has 1 heterocycles. The van der Waals surface area contributed by atoms with Crippen molar-refractivity contribution in [1.82, 2.24) is 4.90 Å². The smallest absolute Gasteiger partial charge is 0.251 e. The number of hydrogen-bond acceptors (Lipinski definition) is 2. The lowest BCUT2D eigenvalue weighted by atomic mass is 10.2. The van der Waals surface area contributed by atoms with Gasteiger partial charge in [0.2, 0.25) is 0 Å². The molecule has 1 aromatic carbocycles. The van der Waals surface area contributed by atoms with Crippen LogP contribution in [-0.4, -0.2) is 32.0 Å². The molecule has 0 atom stereocenters. The molecule has 1 aliphatic heterocycles. The van der Waals surface area contributed by atoms with Crippen LogP contribution in [0.1, 0.15) is 18.4 Å². The maximum atomic E-state index is 11.2. The third-order valence-corrected chi connectivity index (χ3v) is 3.22. The molecule has 0 bridgehead atoms. The van der Waals surface area contributed by atoms with E-state index in [9.17, 15) is 8.42 Å². The Labute approximate surface area is 102 Å². The first-order valence-electron chi connectivity index (χ1n) is 5.62. The number of nitrogens with zero attached hydrogens (tertiary/aromatic N) is 2. The van der Waals surface area contributed by atoms with Crippen LogP contribution < -0.4 is 0 Å². The highest BCUT2D eigenvalue weighted by atomic mass is 32.2. The number of sulfonamides is 1. The van der Waals surface area contributed by atoms with E-state index in [0.29, 0.717) is 5.84 Å². The van der Waals surface area contributed by atoms with Gasteiger partial charge in [-0.2, -0.15) is 4.40 Å². The topological polar surface area (TPSA) is 49.7 Å². The van der Waals surface area contributed by atoms with Crippen LogP contribution in [-0.2, 0) is 16.6 Å². The molecule has 1 aliphatic rings. The van der Waals surface area contributed by atoms with Crippen LogP contribution in [0, 0.1) is 0 Å². The highest BCUT2D eigenvalue weighted by molar-refractivity contribution is 7.89. The van der Waals surface area contributed by atoms with E-state index in [1.807, 2.05) is 35.2 Å². The molecule has 1 aromatic rings. The van der Waals surface area contributed by atoms with Gasteiger partial charge >= 0.3 is 0 Å². The Morgan fingerprint density at radius 3 is 2.65 bits per heavy atom. The maximum absolute atomic E-state index is 11.2. The Balaban J connectivity index is 2.14. The number of benzene rings is 1. The molecule has 0 unspecified atom stereocenters. The predicted molar refractivity (Wildman–Crippen MR) is 68.4 cm³/mol. The second-order valence-electron chi connectivity index (χ2n) is 4.25. The van der Waals surface area contributed by atoms with Gasteiger partial charge in [0.15, 0.2) is 0 Å². The third-order valence-electron chi connectivity index (χ3n) is 2.68. The number of amidine groups is 1. The molecule has 0 N–H and O–H groups in total. The van der Waals surface area contributed by atoms with Crippen molar-refractivity contribution in [3.05, 3.63) is 35.9 Å². The molecule has 0 spiro atoms. The lowest BCUT2D eigenvalue weighted by molar-refractivity contribution is 0.448. The van der Waals surface area contributed by atoms with E-state index in [0.717, 1.165) is 32.2 Å². The molecule has 1 saturated heterocycles. The molecule has 1 fully saturated rings. The first-order chi connectivity index (χ1) is 8.04. The third kappa shape index (κ3) is 3.56. The predicted octanol–water partition coefficient (Wildman–Crippen LogP) is 1.64. The normalized spacial score (nSPS) is 18.9. The van der Waals surface area contributed by atoms with E-state index in [2.05, 4.69) is 4.40 Å². The van der Waals surface area contributed by atoms with Crippen molar-refractivity contribution in [2.45, 2.75) is 19.4 Å². The first-order valence-corrected chi connectivity index (χ1v) is 7.47. The van der Waals surface area contributed by atoms with E-state index >= 15 is 0 Å². The molecular weight excluding hydrogens is 236 g/mol. The number of likely N-dealkylation sites (tertiary alicyclic amines) is 1. The highest BCUT2D eigenvalue weighted by Crippen LogP contribution is 2.16. The Bertz CT molecular complexity index is 509. The van der Waals surface area contributed by atoms with Crippen LogP contribution >= 0.6 is 0 Å². The van der Waals surface area contributed by atoms with Crippen LogP contribution in [0.15, 0.2) is 34.7 Å². The fourth-order valence-electron chi connectivity index (χ4n) is 1.98. The van der Waals surface area contributed by atoms with Crippen molar-refractivity contribution < 1.29 is 8.42 Å². The summed E-state index contributed by atoms with van der Waals surface area (Å²) in [7, 11) is -3.29. The Kier molecular flexibility index (Phi) is 3.47. The zero-order chi connectivity index (χ0) is 12.3. The summed E-state index contributed by atoms with van der Waals surface area (Å²) in [5, 5.41) is 0. The zero-order valence-corrected chi connectivity index (χ0v) is 10.7. The average molecular weight is 252 g/mol. The Morgan fingerprint density at radius 2 is 2.00 bits per heavy atom. The van der Waals surface area contributed by atoms with Gasteiger partial charge in [-0.05, 0) is 12.0 Å². The molecule has 92 valence electrons. The Morgan fingerprint density at radius 1 is 1.29 bits per heavy atom. The van der Waals surface area contributed by atoms with Gasteiger partial charge in [0.25, 0.3) is 10.0 Å². The fourth-order valence-corrected chi connectivity index (χ4v) is 2.57. The van der Waals surface area contributed by atoms with Gasteiger partial charge in [-0.1, -0.05) is 30.3 Å². The van der Waals surface area contributed by atoms with Crippen molar-refractivity contribution in [2.75, 3.05) is 12.8 Å². The van der Waals surface area contributed by atoms with Crippen LogP contribution in [0.5, 0.6) is 0 Å². The first kappa shape index (κ1) is 12.1. The van der Waals surface area contributed by atoms with Crippen LogP contribution in [0.2, 0.25) is 0 Å². The summed E-state index contributed by atoms with van der Waals surface area (Å²) in [4.78, 5) is 2.04. The molecule has 4 nitrogen and oxygen atoms in total. The largest absolute Gasteiger partial charge is 0.355 e. The summed E-state index contributed by atoms with van der Waals surface area (Å²) in [5.74, 6) is 0.691. The van der Waals surface area contributed by atoms with Crippen molar-refractivity contribution in [3.63, 3.8) is 0 Å². The van der Waals surface area contributed by atoms with E-state index in [1.165, 1.54) is 5.56 Å². The summed E-state index contributed by atoms with van der Waals surface area (Å²) in [6, 6.07) is 10.0. The van der Waals surface area contributed by atoms with Crippen LogP contribution in [0.25, 0.3) is 0 Å². The van der Waals surface area contributed by atoms with Gasteiger partial charge in [0.1, 0.15) is 5.84 Å². The lowest BCUT2D eigenvalue weighted by Gasteiger charge is -2.18. The fraction of sp³-hybridized carbons (Fsp3) is 0.417. The summed E-state index contributed by atoms with van der Waals surface area (Å²) in [6.45, 7) is 1.61. The highest BCUT2D eigenvalue weighted by Gasteiger charge is 2.20. The van der Waals surface area contributed by atoms with Gasteiger partial charge in [-0.3, -0.25) is 0 Å². The molecule has 17 heavy (non-hydrogen) atoms. The van der Waals surface area contributed by atoms with Crippen LogP contribution in [0.4, 0.5) is 0 Å². The van der Waals surface area contributed by atoms with Crippen molar-refractivity contribution in [3.8, 4) is 0 Å². The number of rotatable bonds is 3. The van der Waals surface area contributed by atoms with Crippen molar-refractivity contribution in [2.24, 2.45) is 4.40 Å². The minimum Gasteiger partial charge on any atom is -0.355 e. The SMILES string of the molecule is CS(=O)(=O)/N=C1\CCCN1Cc1ccccc1. The quantitative estimate of drug-likeness (QED) is 0.821. The molecule has 0 radical (unpaired) electrons. The maximum Gasteiger partial charge on any atom is 0.251 e. The van der Waals surface area contributed by atoms with Gasteiger partial charge in [0.05, 0.1) is 6.26 Å². The summed E-state index contributed by atoms with van der Waals surface area (Å²) in [5.41, 5.74) is 1.18. The van der Waals surface area contributed by atoms with Gasteiger partial charge < -0.3 is 4.90 Å². The number of hydrogen-bond donors (Lipinski definition) is 0. The summed E-state index contributed by atoms with van der Waals surface area (Å²) < 4.78 is 26.1. The van der Waals surface area contributed by atoms with Gasteiger partial charge in [0, 0.05) is 19.5 Å². The molecule has 0 aromatic heterocycles. The molecule has 5 heteroatoms. The second kappa shape index (κ2) is 4.87. The van der Waals surface area contributed by atoms with E-state index in [4.69, 9.17) is 0 Å². The van der Waals surface area contributed by atoms with Gasteiger partial charge in [-0.15, -0.1) is 0 Å². The standard InChI is InChI=1S/C12H16N2O2S/c1-17(15,16)13-12-8-5-9-14(12)10-11-6-3-2-4-7-11/h2-4,6-7H,5,8-10H2,1H3/b13-12+. The molecular formula is C12H16N2O2S. The van der Waals surface area contributed by atoms with Crippen LogP contribution in [0.3, 0.4) is 0 Å².